The van der Waals surface area contributed by atoms with Gasteiger partial charge < -0.3 is 10.2 Å². The highest BCUT2D eigenvalue weighted by atomic mass is 19.1. The number of hydrogen-bond donors (Lipinski definition) is 1. The zero-order valence-electron chi connectivity index (χ0n) is 13.4. The fraction of sp³-hybridized carbons (Fsp3) is 0.529. The second-order valence-electron chi connectivity index (χ2n) is 6.25. The first-order valence-electron chi connectivity index (χ1n) is 7.71. The van der Waals surface area contributed by atoms with Gasteiger partial charge in [0.1, 0.15) is 5.82 Å². The van der Waals surface area contributed by atoms with Gasteiger partial charge in [0.2, 0.25) is 5.91 Å². The average molecular weight is 306 g/mol. The number of nitrogens with one attached hydrogen (secondary N) is 1. The Morgan fingerprint density at radius 1 is 1.41 bits per heavy atom. The van der Waals surface area contributed by atoms with Crippen molar-refractivity contribution >= 4 is 11.8 Å². The molecular formula is C17H23FN2O2. The van der Waals surface area contributed by atoms with Crippen molar-refractivity contribution in [1.82, 2.24) is 10.2 Å². The lowest BCUT2D eigenvalue weighted by Crippen LogP contribution is -2.42. The van der Waals surface area contributed by atoms with E-state index >= 15 is 0 Å². The third-order valence-corrected chi connectivity index (χ3v) is 4.27. The highest BCUT2D eigenvalue weighted by Gasteiger charge is 2.42. The summed E-state index contributed by atoms with van der Waals surface area (Å²) in [6.07, 6.45) is 1.51. The van der Waals surface area contributed by atoms with Gasteiger partial charge in [0, 0.05) is 25.2 Å². The monoisotopic (exact) mass is 306 g/mol. The Kier molecular flexibility index (Phi) is 4.84. The highest BCUT2D eigenvalue weighted by molar-refractivity contribution is 5.96. The molecule has 0 aromatic heterocycles. The number of halogens is 1. The number of likely N-dealkylation sites (tertiary alicyclic amines) is 1. The van der Waals surface area contributed by atoms with Crippen LogP contribution in [0.2, 0.25) is 0 Å². The molecule has 5 heteroatoms. The van der Waals surface area contributed by atoms with E-state index in [-0.39, 0.29) is 11.8 Å². The highest BCUT2D eigenvalue weighted by Crippen LogP contribution is 2.31. The SMILES string of the molecule is CCCNC(=O)C1(C)CCN(C(=O)c2cc(F)ccc2C)C1. The van der Waals surface area contributed by atoms with Crippen LogP contribution in [0, 0.1) is 18.2 Å². The van der Waals surface area contributed by atoms with Crippen LogP contribution in [0.3, 0.4) is 0 Å². The van der Waals surface area contributed by atoms with Crippen LogP contribution in [0.25, 0.3) is 0 Å². The van der Waals surface area contributed by atoms with E-state index in [0.29, 0.717) is 31.6 Å². The molecule has 22 heavy (non-hydrogen) atoms. The molecule has 2 amide bonds. The topological polar surface area (TPSA) is 49.4 Å². The first kappa shape index (κ1) is 16.5. The van der Waals surface area contributed by atoms with Crippen molar-refractivity contribution in [3.63, 3.8) is 0 Å². The summed E-state index contributed by atoms with van der Waals surface area (Å²) < 4.78 is 13.4. The van der Waals surface area contributed by atoms with Gasteiger partial charge in [-0.25, -0.2) is 4.39 Å². The van der Waals surface area contributed by atoms with E-state index in [1.54, 1.807) is 17.9 Å². The van der Waals surface area contributed by atoms with Crippen molar-refractivity contribution in [2.75, 3.05) is 19.6 Å². The summed E-state index contributed by atoms with van der Waals surface area (Å²) in [5.41, 5.74) is 0.556. The Bertz CT molecular complexity index is 588. The number of rotatable bonds is 4. The molecular weight excluding hydrogens is 283 g/mol. The number of carbonyl (C=O) groups is 2. The van der Waals surface area contributed by atoms with Crippen LogP contribution in [-0.2, 0) is 4.79 Å². The summed E-state index contributed by atoms with van der Waals surface area (Å²) in [5.74, 6) is -0.638. The van der Waals surface area contributed by atoms with E-state index in [9.17, 15) is 14.0 Å². The summed E-state index contributed by atoms with van der Waals surface area (Å²) in [4.78, 5) is 26.5. The minimum Gasteiger partial charge on any atom is -0.356 e. The van der Waals surface area contributed by atoms with Crippen molar-refractivity contribution in [2.45, 2.75) is 33.6 Å². The number of hydrogen-bond acceptors (Lipinski definition) is 2. The zero-order valence-corrected chi connectivity index (χ0v) is 13.4. The number of amides is 2. The van der Waals surface area contributed by atoms with Crippen molar-refractivity contribution in [3.8, 4) is 0 Å². The number of aryl methyl sites for hydroxylation is 1. The van der Waals surface area contributed by atoms with Crippen molar-refractivity contribution in [2.24, 2.45) is 5.41 Å². The summed E-state index contributed by atoms with van der Waals surface area (Å²) in [6, 6.07) is 4.22. The minimum atomic E-state index is -0.563. The molecule has 1 heterocycles. The van der Waals surface area contributed by atoms with Crippen LogP contribution in [0.1, 0.15) is 42.6 Å². The molecule has 120 valence electrons. The van der Waals surface area contributed by atoms with Gasteiger partial charge in [-0.1, -0.05) is 13.0 Å². The van der Waals surface area contributed by atoms with Crippen LogP contribution in [-0.4, -0.2) is 36.3 Å². The second-order valence-corrected chi connectivity index (χ2v) is 6.25. The molecule has 1 N–H and O–H groups in total. The van der Waals surface area contributed by atoms with Gasteiger partial charge in [-0.2, -0.15) is 0 Å². The molecule has 1 atom stereocenters. The minimum absolute atomic E-state index is 0.0133. The normalized spacial score (nSPS) is 21.0. The molecule has 4 nitrogen and oxygen atoms in total. The van der Waals surface area contributed by atoms with Gasteiger partial charge in [0.25, 0.3) is 5.91 Å². The first-order valence-corrected chi connectivity index (χ1v) is 7.71. The largest absolute Gasteiger partial charge is 0.356 e. The molecule has 1 aromatic rings. The summed E-state index contributed by atoms with van der Waals surface area (Å²) in [5, 5.41) is 2.90. The molecule has 1 fully saturated rings. The van der Waals surface area contributed by atoms with Crippen LogP contribution in [0.15, 0.2) is 18.2 Å². The summed E-state index contributed by atoms with van der Waals surface area (Å²) in [7, 11) is 0. The molecule has 1 unspecified atom stereocenters. The number of carbonyl (C=O) groups excluding carboxylic acids is 2. The second kappa shape index (κ2) is 6.46. The lowest BCUT2D eigenvalue weighted by molar-refractivity contribution is -0.129. The lowest BCUT2D eigenvalue weighted by Gasteiger charge is -2.24. The summed E-state index contributed by atoms with van der Waals surface area (Å²) >= 11 is 0. The molecule has 1 aromatic carbocycles. The molecule has 0 bridgehead atoms. The Balaban J connectivity index is 2.11. The Morgan fingerprint density at radius 3 is 2.82 bits per heavy atom. The third-order valence-electron chi connectivity index (χ3n) is 4.27. The maximum atomic E-state index is 13.4. The molecule has 2 rings (SSSR count). The van der Waals surface area contributed by atoms with Crippen molar-refractivity contribution < 1.29 is 14.0 Å². The van der Waals surface area contributed by atoms with E-state index in [2.05, 4.69) is 5.32 Å². The summed E-state index contributed by atoms with van der Waals surface area (Å²) in [6.45, 7) is 7.20. The van der Waals surface area contributed by atoms with E-state index < -0.39 is 11.2 Å². The lowest BCUT2D eigenvalue weighted by atomic mass is 9.88. The molecule has 0 aliphatic carbocycles. The van der Waals surface area contributed by atoms with Crippen LogP contribution < -0.4 is 5.32 Å². The van der Waals surface area contributed by atoms with E-state index in [1.807, 2.05) is 13.8 Å². The van der Waals surface area contributed by atoms with Crippen molar-refractivity contribution in [3.05, 3.63) is 35.1 Å². The van der Waals surface area contributed by atoms with E-state index in [4.69, 9.17) is 0 Å². The van der Waals surface area contributed by atoms with E-state index in [1.165, 1.54) is 12.1 Å². The fourth-order valence-electron chi connectivity index (χ4n) is 2.77. The van der Waals surface area contributed by atoms with Crippen LogP contribution >= 0.6 is 0 Å². The number of nitrogens with zero attached hydrogens (tertiary/aromatic N) is 1. The fourth-order valence-corrected chi connectivity index (χ4v) is 2.77. The van der Waals surface area contributed by atoms with Crippen LogP contribution in [0.4, 0.5) is 4.39 Å². The standard InChI is InChI=1S/C17H23FN2O2/c1-4-8-19-16(22)17(3)7-9-20(11-17)15(21)14-10-13(18)6-5-12(14)2/h5-6,10H,4,7-9,11H2,1-3H3,(H,19,22). The Labute approximate surface area is 130 Å². The zero-order chi connectivity index (χ0) is 16.3. The Morgan fingerprint density at radius 2 is 2.14 bits per heavy atom. The molecule has 0 radical (unpaired) electrons. The average Bonchev–Trinajstić information content (AvgIpc) is 2.90. The third kappa shape index (κ3) is 3.29. The molecule has 1 aliphatic rings. The smallest absolute Gasteiger partial charge is 0.254 e. The maximum absolute atomic E-state index is 13.4. The van der Waals surface area contributed by atoms with Gasteiger partial charge in [-0.05, 0) is 44.4 Å². The first-order chi connectivity index (χ1) is 10.4. The molecule has 0 saturated carbocycles. The Hall–Kier alpha value is -1.91. The molecule has 1 aliphatic heterocycles. The number of benzene rings is 1. The quantitative estimate of drug-likeness (QED) is 0.929. The van der Waals surface area contributed by atoms with Gasteiger partial charge in [-0.3, -0.25) is 9.59 Å². The van der Waals surface area contributed by atoms with Gasteiger partial charge in [-0.15, -0.1) is 0 Å². The predicted octanol–water partition coefficient (Wildman–Crippen LogP) is 2.51. The molecule has 0 spiro atoms. The van der Waals surface area contributed by atoms with Gasteiger partial charge >= 0.3 is 0 Å². The van der Waals surface area contributed by atoms with Gasteiger partial charge in [0.15, 0.2) is 0 Å². The van der Waals surface area contributed by atoms with E-state index in [0.717, 1.165) is 12.0 Å². The van der Waals surface area contributed by atoms with Crippen LogP contribution in [0.5, 0.6) is 0 Å². The van der Waals surface area contributed by atoms with Gasteiger partial charge in [0.05, 0.1) is 5.41 Å². The molecule has 1 saturated heterocycles. The van der Waals surface area contributed by atoms with Crippen molar-refractivity contribution in [1.29, 1.82) is 0 Å². The predicted molar refractivity (Wildman–Crippen MR) is 83.1 cm³/mol. The maximum Gasteiger partial charge on any atom is 0.254 e.